The molecule has 4 nitrogen and oxygen atoms in total. The second-order valence-electron chi connectivity index (χ2n) is 4.62. The first-order chi connectivity index (χ1) is 9.78. The lowest BCUT2D eigenvalue weighted by atomic mass is 10.1. The van der Waals surface area contributed by atoms with E-state index in [-0.39, 0.29) is 0 Å². The van der Waals surface area contributed by atoms with E-state index in [1.165, 1.54) is 10.4 Å². The molecule has 0 bridgehead atoms. The quantitative estimate of drug-likeness (QED) is 0.773. The van der Waals surface area contributed by atoms with Crippen LogP contribution in [0.15, 0.2) is 36.7 Å². The van der Waals surface area contributed by atoms with Crippen molar-refractivity contribution in [3.8, 4) is 0 Å². The fourth-order valence-corrected chi connectivity index (χ4v) is 3.07. The highest BCUT2D eigenvalue weighted by molar-refractivity contribution is 7.18. The molecule has 2 heterocycles. The molecule has 0 saturated heterocycles. The minimum atomic E-state index is 0.550. The number of nitrogens with zero attached hydrogens (tertiary/aromatic N) is 2. The minimum Gasteiger partial charge on any atom is -0.365 e. The van der Waals surface area contributed by atoms with Crippen molar-refractivity contribution in [1.82, 2.24) is 9.97 Å². The van der Waals surface area contributed by atoms with E-state index >= 15 is 0 Å². The lowest BCUT2D eigenvalue weighted by molar-refractivity contribution is 1.00. The van der Waals surface area contributed by atoms with Crippen LogP contribution in [-0.4, -0.2) is 9.97 Å². The van der Waals surface area contributed by atoms with E-state index in [1.54, 1.807) is 17.7 Å². The van der Waals surface area contributed by atoms with Gasteiger partial charge in [-0.15, -0.1) is 11.3 Å². The molecule has 0 fully saturated rings. The summed E-state index contributed by atoms with van der Waals surface area (Å²) in [5, 5.41) is 4.48. The number of nitrogens with two attached hydrogens (primary N) is 1. The molecule has 1 aromatic carbocycles. The molecule has 3 rings (SSSR count). The highest BCUT2D eigenvalue weighted by Gasteiger charge is 2.07. The number of hydrogen-bond donors (Lipinski definition) is 2. The van der Waals surface area contributed by atoms with Crippen molar-refractivity contribution in [2.45, 2.75) is 20.0 Å². The number of nitrogens with one attached hydrogen (secondary N) is 1. The number of hydrogen-bond acceptors (Lipinski definition) is 5. The Bertz CT molecular complexity index is 736. The normalized spacial score (nSPS) is 10.9. The van der Waals surface area contributed by atoms with Gasteiger partial charge in [0, 0.05) is 18.0 Å². The third-order valence-corrected chi connectivity index (χ3v) is 4.20. The van der Waals surface area contributed by atoms with Crippen LogP contribution in [0.3, 0.4) is 0 Å². The molecular formula is C15H16N4S. The summed E-state index contributed by atoms with van der Waals surface area (Å²) < 4.78 is 0. The maximum Gasteiger partial charge on any atom is 0.138 e. The Kier molecular flexibility index (Phi) is 3.62. The van der Waals surface area contributed by atoms with Crippen molar-refractivity contribution in [2.75, 3.05) is 5.32 Å². The molecule has 3 N–H and O–H groups in total. The molecule has 20 heavy (non-hydrogen) atoms. The summed E-state index contributed by atoms with van der Waals surface area (Å²) in [7, 11) is 0. The third kappa shape index (κ3) is 2.50. The summed E-state index contributed by atoms with van der Waals surface area (Å²) in [6.45, 7) is 3.35. The van der Waals surface area contributed by atoms with Gasteiger partial charge in [0.1, 0.15) is 17.0 Å². The average Bonchev–Trinajstić information content (AvgIpc) is 2.86. The number of benzene rings is 1. The molecule has 2 aromatic heterocycles. The molecular weight excluding hydrogens is 268 g/mol. The molecule has 3 aromatic rings. The fourth-order valence-electron chi connectivity index (χ4n) is 2.22. The number of fused-ring (bicyclic) bond motifs is 1. The van der Waals surface area contributed by atoms with Crippen molar-refractivity contribution in [1.29, 1.82) is 0 Å². The Morgan fingerprint density at radius 2 is 2.00 bits per heavy atom. The molecule has 0 aliphatic rings. The maximum absolute atomic E-state index is 5.76. The largest absolute Gasteiger partial charge is 0.365 e. The van der Waals surface area contributed by atoms with Crippen LogP contribution in [0.5, 0.6) is 0 Å². The molecule has 0 amide bonds. The van der Waals surface area contributed by atoms with Crippen molar-refractivity contribution in [3.05, 3.63) is 52.7 Å². The number of rotatable bonds is 4. The van der Waals surface area contributed by atoms with Gasteiger partial charge in [0.2, 0.25) is 0 Å². The SMILES string of the molecule is Cc1cc2c(NCc3ccccc3CN)ncnc2s1. The van der Waals surface area contributed by atoms with E-state index in [0.29, 0.717) is 13.1 Å². The molecule has 0 aliphatic carbocycles. The summed E-state index contributed by atoms with van der Waals surface area (Å²) in [5.74, 6) is 0.881. The Hall–Kier alpha value is -1.98. The van der Waals surface area contributed by atoms with Gasteiger partial charge in [-0.25, -0.2) is 9.97 Å². The van der Waals surface area contributed by atoms with Gasteiger partial charge in [0.15, 0.2) is 0 Å². The number of thiophene rings is 1. The molecule has 0 atom stereocenters. The first-order valence-corrected chi connectivity index (χ1v) is 7.31. The second-order valence-corrected chi connectivity index (χ2v) is 5.86. The highest BCUT2D eigenvalue weighted by Crippen LogP contribution is 2.27. The summed E-state index contributed by atoms with van der Waals surface area (Å²) in [4.78, 5) is 10.9. The van der Waals surface area contributed by atoms with Gasteiger partial charge >= 0.3 is 0 Å². The van der Waals surface area contributed by atoms with Gasteiger partial charge in [-0.3, -0.25) is 0 Å². The van der Waals surface area contributed by atoms with E-state index in [0.717, 1.165) is 21.6 Å². The summed E-state index contributed by atoms with van der Waals surface area (Å²) >= 11 is 1.68. The van der Waals surface area contributed by atoms with Crippen LogP contribution in [0.25, 0.3) is 10.2 Å². The molecule has 5 heteroatoms. The maximum atomic E-state index is 5.76. The lowest BCUT2D eigenvalue weighted by Gasteiger charge is -2.10. The van der Waals surface area contributed by atoms with E-state index in [9.17, 15) is 0 Å². The van der Waals surface area contributed by atoms with Gasteiger partial charge in [-0.2, -0.15) is 0 Å². The zero-order chi connectivity index (χ0) is 13.9. The smallest absolute Gasteiger partial charge is 0.138 e. The van der Waals surface area contributed by atoms with E-state index in [2.05, 4.69) is 40.4 Å². The van der Waals surface area contributed by atoms with Crippen LogP contribution in [0, 0.1) is 6.92 Å². The van der Waals surface area contributed by atoms with Gasteiger partial charge in [0.05, 0.1) is 5.39 Å². The number of anilines is 1. The lowest BCUT2D eigenvalue weighted by Crippen LogP contribution is -2.07. The van der Waals surface area contributed by atoms with E-state index in [1.807, 2.05) is 12.1 Å². The summed E-state index contributed by atoms with van der Waals surface area (Å²) in [6.07, 6.45) is 1.61. The van der Waals surface area contributed by atoms with Crippen LogP contribution < -0.4 is 11.1 Å². The van der Waals surface area contributed by atoms with Crippen LogP contribution in [0.1, 0.15) is 16.0 Å². The van der Waals surface area contributed by atoms with Crippen molar-refractivity contribution < 1.29 is 0 Å². The number of aryl methyl sites for hydroxylation is 1. The Morgan fingerprint density at radius 1 is 1.20 bits per heavy atom. The molecule has 0 saturated carbocycles. The van der Waals surface area contributed by atoms with Gasteiger partial charge in [-0.1, -0.05) is 24.3 Å². The summed E-state index contributed by atoms with van der Waals surface area (Å²) in [6, 6.07) is 10.3. The monoisotopic (exact) mass is 284 g/mol. The Morgan fingerprint density at radius 3 is 2.80 bits per heavy atom. The standard InChI is InChI=1S/C15H16N4S/c1-10-6-13-14(18-9-19-15(13)20-10)17-8-12-5-3-2-4-11(12)7-16/h2-6,9H,7-8,16H2,1H3,(H,17,18,19). The predicted molar refractivity (Wildman–Crippen MR) is 83.8 cm³/mol. The zero-order valence-corrected chi connectivity index (χ0v) is 12.1. The minimum absolute atomic E-state index is 0.550. The predicted octanol–water partition coefficient (Wildman–Crippen LogP) is 3.07. The van der Waals surface area contributed by atoms with Crippen LogP contribution in [-0.2, 0) is 13.1 Å². The van der Waals surface area contributed by atoms with E-state index in [4.69, 9.17) is 5.73 Å². The first kappa shape index (κ1) is 13.0. The first-order valence-electron chi connectivity index (χ1n) is 6.50. The fraction of sp³-hybridized carbons (Fsp3) is 0.200. The zero-order valence-electron chi connectivity index (χ0n) is 11.3. The molecule has 0 unspecified atom stereocenters. The third-order valence-electron chi connectivity index (χ3n) is 3.24. The van der Waals surface area contributed by atoms with Crippen molar-refractivity contribution in [3.63, 3.8) is 0 Å². The van der Waals surface area contributed by atoms with Crippen LogP contribution >= 0.6 is 11.3 Å². The van der Waals surface area contributed by atoms with Gasteiger partial charge in [-0.05, 0) is 24.1 Å². The molecule has 102 valence electrons. The Balaban J connectivity index is 1.87. The number of aromatic nitrogens is 2. The van der Waals surface area contributed by atoms with Crippen LogP contribution in [0.4, 0.5) is 5.82 Å². The van der Waals surface area contributed by atoms with Crippen molar-refractivity contribution >= 4 is 27.4 Å². The van der Waals surface area contributed by atoms with Crippen molar-refractivity contribution in [2.24, 2.45) is 5.73 Å². The van der Waals surface area contributed by atoms with Gasteiger partial charge in [0.25, 0.3) is 0 Å². The topological polar surface area (TPSA) is 63.8 Å². The molecule has 0 aliphatic heterocycles. The highest BCUT2D eigenvalue weighted by atomic mass is 32.1. The van der Waals surface area contributed by atoms with E-state index < -0.39 is 0 Å². The summed E-state index contributed by atoms with van der Waals surface area (Å²) in [5.41, 5.74) is 8.12. The second kappa shape index (κ2) is 5.56. The van der Waals surface area contributed by atoms with Crippen LogP contribution in [0.2, 0.25) is 0 Å². The molecule has 0 spiro atoms. The van der Waals surface area contributed by atoms with Gasteiger partial charge < -0.3 is 11.1 Å². The Labute approximate surface area is 121 Å². The molecule has 0 radical (unpaired) electrons. The average molecular weight is 284 g/mol.